The third-order valence-corrected chi connectivity index (χ3v) is 4.59. The topological polar surface area (TPSA) is 130 Å². The fourth-order valence-corrected chi connectivity index (χ4v) is 3.25. The minimum atomic E-state index is -0.925. The Morgan fingerprint density at radius 1 is 1.16 bits per heavy atom. The first-order valence-electron chi connectivity index (χ1n) is 10.4. The number of hydrogen-bond acceptors (Lipinski definition) is 9. The summed E-state index contributed by atoms with van der Waals surface area (Å²) in [6.45, 7) is 6.06. The van der Waals surface area contributed by atoms with Crippen molar-refractivity contribution >= 4 is 11.9 Å². The molecule has 2 rings (SSSR count). The second kappa shape index (κ2) is 11.6. The molecule has 0 fully saturated rings. The largest absolute Gasteiger partial charge is 0.493 e. The zero-order valence-electron chi connectivity index (χ0n) is 18.7. The lowest BCUT2D eigenvalue weighted by Gasteiger charge is -2.28. The Labute approximate surface area is 187 Å². The molecular weight excluding hydrogens is 416 g/mol. The maximum atomic E-state index is 12.9. The van der Waals surface area contributed by atoms with Crippen LogP contribution < -0.4 is 15.2 Å². The number of benzene rings is 1. The molecule has 1 atom stereocenters. The molecule has 1 aromatic rings. The summed E-state index contributed by atoms with van der Waals surface area (Å²) in [5.41, 5.74) is 6.55. The lowest BCUT2D eigenvalue weighted by molar-refractivity contribution is -0.143. The highest BCUT2D eigenvalue weighted by molar-refractivity contribution is 5.93. The average molecular weight is 444 g/mol. The minimum absolute atomic E-state index is 0.00920. The Hall–Kier alpha value is -3.67. The molecule has 1 heterocycles. The van der Waals surface area contributed by atoms with Gasteiger partial charge in [-0.1, -0.05) is 13.0 Å². The van der Waals surface area contributed by atoms with Crippen molar-refractivity contribution in [3.05, 3.63) is 46.6 Å². The van der Waals surface area contributed by atoms with Gasteiger partial charge in [0.25, 0.3) is 0 Å². The Morgan fingerprint density at radius 3 is 2.47 bits per heavy atom. The van der Waals surface area contributed by atoms with E-state index in [9.17, 15) is 14.9 Å². The van der Waals surface area contributed by atoms with Crippen molar-refractivity contribution in [1.29, 1.82) is 5.26 Å². The quantitative estimate of drug-likeness (QED) is 0.541. The van der Waals surface area contributed by atoms with Gasteiger partial charge in [0.1, 0.15) is 23.8 Å². The van der Waals surface area contributed by atoms with Crippen molar-refractivity contribution < 1.29 is 33.3 Å². The fraction of sp³-hybridized carbons (Fsp3) is 0.435. The van der Waals surface area contributed by atoms with Crippen LogP contribution in [-0.4, -0.2) is 38.9 Å². The molecule has 0 amide bonds. The SMILES string of the molecule is CCCOc1ccc(C2C(C#N)=C(N)OC(CC(=O)OCC)=C2C(=O)OCC)cc1OC. The van der Waals surface area contributed by atoms with Gasteiger partial charge in [-0.25, -0.2) is 4.79 Å². The van der Waals surface area contributed by atoms with Crippen molar-refractivity contribution in [2.24, 2.45) is 5.73 Å². The van der Waals surface area contributed by atoms with Gasteiger partial charge in [-0.15, -0.1) is 0 Å². The van der Waals surface area contributed by atoms with Crippen LogP contribution in [0.1, 0.15) is 45.1 Å². The third kappa shape index (κ3) is 5.52. The molecule has 1 aromatic carbocycles. The first-order valence-corrected chi connectivity index (χ1v) is 10.4. The van der Waals surface area contributed by atoms with Gasteiger partial charge >= 0.3 is 11.9 Å². The minimum Gasteiger partial charge on any atom is -0.493 e. The number of nitriles is 1. The van der Waals surface area contributed by atoms with Crippen LogP contribution in [0.25, 0.3) is 0 Å². The summed E-state index contributed by atoms with van der Waals surface area (Å²) in [5.74, 6) is -1.52. The molecule has 0 saturated heterocycles. The second-order valence-electron chi connectivity index (χ2n) is 6.72. The van der Waals surface area contributed by atoms with E-state index in [2.05, 4.69) is 0 Å². The van der Waals surface area contributed by atoms with Gasteiger partial charge in [0.2, 0.25) is 5.88 Å². The first-order chi connectivity index (χ1) is 15.4. The number of hydrogen-bond donors (Lipinski definition) is 1. The van der Waals surface area contributed by atoms with E-state index in [-0.39, 0.29) is 42.4 Å². The Balaban J connectivity index is 2.65. The van der Waals surface area contributed by atoms with E-state index in [4.69, 9.17) is 29.4 Å². The van der Waals surface area contributed by atoms with E-state index in [1.54, 1.807) is 32.0 Å². The molecule has 1 aliphatic heterocycles. The number of allylic oxidation sites excluding steroid dienone is 1. The number of esters is 2. The van der Waals surface area contributed by atoms with Crippen molar-refractivity contribution in [3.63, 3.8) is 0 Å². The molecule has 1 unspecified atom stereocenters. The molecule has 9 nitrogen and oxygen atoms in total. The van der Waals surface area contributed by atoms with Crippen LogP contribution >= 0.6 is 0 Å². The Morgan fingerprint density at radius 2 is 1.88 bits per heavy atom. The van der Waals surface area contributed by atoms with Gasteiger partial charge in [-0.2, -0.15) is 5.26 Å². The van der Waals surface area contributed by atoms with Crippen molar-refractivity contribution in [2.45, 2.75) is 39.5 Å². The molecule has 32 heavy (non-hydrogen) atoms. The average Bonchev–Trinajstić information content (AvgIpc) is 2.77. The first kappa shape index (κ1) is 24.6. The number of nitrogens with two attached hydrogens (primary N) is 1. The highest BCUT2D eigenvalue weighted by Gasteiger charge is 2.38. The summed E-state index contributed by atoms with van der Waals surface area (Å²) in [6, 6.07) is 7.07. The third-order valence-electron chi connectivity index (χ3n) is 4.59. The summed E-state index contributed by atoms with van der Waals surface area (Å²) in [7, 11) is 1.49. The number of methoxy groups -OCH3 is 1. The standard InChI is InChI=1S/C23H28N2O7/c1-5-10-31-16-9-8-14(11-17(16)28-4)20-15(13-24)22(25)32-18(12-19(26)29-6-2)21(20)23(27)30-7-3/h8-9,11,20H,5-7,10,12,25H2,1-4H3. The Bertz CT molecular complexity index is 960. The molecular formula is C23H28N2O7. The normalized spacial score (nSPS) is 15.5. The number of carbonyl (C=O) groups excluding carboxylic acids is 2. The van der Waals surface area contributed by atoms with Crippen LogP contribution in [-0.2, 0) is 23.8 Å². The van der Waals surface area contributed by atoms with Crippen LogP contribution in [0.15, 0.2) is 41.0 Å². The van der Waals surface area contributed by atoms with E-state index in [0.29, 0.717) is 23.7 Å². The van der Waals surface area contributed by atoms with Gasteiger partial charge in [-0.05, 0) is 38.0 Å². The van der Waals surface area contributed by atoms with E-state index < -0.39 is 17.9 Å². The monoisotopic (exact) mass is 444 g/mol. The zero-order valence-corrected chi connectivity index (χ0v) is 18.7. The molecule has 2 N–H and O–H groups in total. The molecule has 0 radical (unpaired) electrons. The van der Waals surface area contributed by atoms with E-state index in [1.165, 1.54) is 7.11 Å². The summed E-state index contributed by atoms with van der Waals surface area (Å²) >= 11 is 0. The fourth-order valence-electron chi connectivity index (χ4n) is 3.25. The summed E-state index contributed by atoms with van der Waals surface area (Å²) in [6.07, 6.45) is 0.475. The zero-order chi connectivity index (χ0) is 23.7. The van der Waals surface area contributed by atoms with Crippen molar-refractivity contribution in [2.75, 3.05) is 26.9 Å². The number of nitrogens with zero attached hydrogens (tertiary/aromatic N) is 1. The smallest absolute Gasteiger partial charge is 0.338 e. The van der Waals surface area contributed by atoms with Crippen LogP contribution in [0.4, 0.5) is 0 Å². The molecule has 9 heteroatoms. The number of ether oxygens (including phenoxy) is 5. The summed E-state index contributed by atoms with van der Waals surface area (Å²) < 4.78 is 26.9. The van der Waals surface area contributed by atoms with Crippen LogP contribution in [0.3, 0.4) is 0 Å². The maximum Gasteiger partial charge on any atom is 0.338 e. The molecule has 0 spiro atoms. The van der Waals surface area contributed by atoms with Gasteiger partial charge in [-0.3, -0.25) is 4.79 Å². The molecule has 0 aliphatic carbocycles. The predicted molar refractivity (Wildman–Crippen MR) is 114 cm³/mol. The highest BCUT2D eigenvalue weighted by Crippen LogP contribution is 2.43. The van der Waals surface area contributed by atoms with Crippen molar-refractivity contribution in [3.8, 4) is 17.6 Å². The number of carbonyl (C=O) groups is 2. The van der Waals surface area contributed by atoms with E-state index >= 15 is 0 Å². The molecule has 0 aromatic heterocycles. The predicted octanol–water partition coefficient (Wildman–Crippen LogP) is 3.06. The van der Waals surface area contributed by atoms with Crippen LogP contribution in [0, 0.1) is 11.3 Å². The highest BCUT2D eigenvalue weighted by atomic mass is 16.5. The lowest BCUT2D eigenvalue weighted by Crippen LogP contribution is -2.27. The Kier molecular flexibility index (Phi) is 8.95. The molecule has 0 saturated carbocycles. The molecule has 1 aliphatic rings. The summed E-state index contributed by atoms with van der Waals surface area (Å²) in [5, 5.41) is 9.78. The molecule has 172 valence electrons. The van der Waals surface area contributed by atoms with Crippen LogP contribution in [0.2, 0.25) is 0 Å². The lowest BCUT2D eigenvalue weighted by atomic mass is 9.82. The van der Waals surface area contributed by atoms with Crippen LogP contribution in [0.5, 0.6) is 11.5 Å². The van der Waals surface area contributed by atoms with Gasteiger partial charge in [0.05, 0.1) is 38.4 Å². The van der Waals surface area contributed by atoms with E-state index in [1.807, 2.05) is 13.0 Å². The summed E-state index contributed by atoms with van der Waals surface area (Å²) in [4.78, 5) is 25.1. The number of rotatable bonds is 10. The van der Waals surface area contributed by atoms with Gasteiger partial charge in [0, 0.05) is 0 Å². The van der Waals surface area contributed by atoms with Gasteiger partial charge < -0.3 is 29.4 Å². The van der Waals surface area contributed by atoms with Crippen molar-refractivity contribution in [1.82, 2.24) is 0 Å². The van der Waals surface area contributed by atoms with Gasteiger partial charge in [0.15, 0.2) is 11.5 Å². The molecule has 0 bridgehead atoms. The van der Waals surface area contributed by atoms with E-state index in [0.717, 1.165) is 6.42 Å². The second-order valence-corrected chi connectivity index (χ2v) is 6.72. The maximum absolute atomic E-state index is 12.9.